The molecule has 0 aliphatic heterocycles. The number of nitrogens with zero attached hydrogens (tertiary/aromatic N) is 1. The highest BCUT2D eigenvalue weighted by Crippen LogP contribution is 2.36. The molecule has 0 spiro atoms. The highest BCUT2D eigenvalue weighted by molar-refractivity contribution is 4.83. The van der Waals surface area contributed by atoms with Gasteiger partial charge >= 0.3 is 0 Å². The summed E-state index contributed by atoms with van der Waals surface area (Å²) in [6.07, 6.45) is 1.41. The summed E-state index contributed by atoms with van der Waals surface area (Å²) in [7, 11) is 0. The van der Waals surface area contributed by atoms with Crippen LogP contribution in [0.15, 0.2) is 0 Å². The van der Waals surface area contributed by atoms with Gasteiger partial charge in [0.05, 0.1) is 6.07 Å². The Morgan fingerprint density at radius 3 is 2.36 bits per heavy atom. The van der Waals surface area contributed by atoms with E-state index in [1.165, 1.54) is 0 Å². The Kier molecular flexibility index (Phi) is 2.43. The SMILES string of the molecule is N#CCC1CCC(F)(F)CC1. The molecule has 1 rings (SSSR count). The normalized spacial score (nSPS) is 24.5. The molecule has 0 N–H and O–H groups in total. The molecule has 1 nitrogen and oxygen atoms in total. The first-order valence-electron chi connectivity index (χ1n) is 3.89. The third kappa shape index (κ3) is 2.45. The lowest BCUT2D eigenvalue weighted by atomic mass is 9.85. The van der Waals surface area contributed by atoms with Crippen LogP contribution in [0, 0.1) is 17.2 Å². The van der Waals surface area contributed by atoms with Crippen LogP contribution >= 0.6 is 0 Å². The third-order valence-corrected chi connectivity index (χ3v) is 2.22. The molecule has 1 saturated carbocycles. The van der Waals surface area contributed by atoms with Crippen molar-refractivity contribution in [1.29, 1.82) is 5.26 Å². The lowest BCUT2D eigenvalue weighted by Gasteiger charge is -2.26. The minimum atomic E-state index is -2.45. The van der Waals surface area contributed by atoms with E-state index in [9.17, 15) is 8.78 Å². The topological polar surface area (TPSA) is 23.8 Å². The molecule has 3 heteroatoms. The maximum Gasteiger partial charge on any atom is 0.248 e. The van der Waals surface area contributed by atoms with Crippen molar-refractivity contribution in [3.8, 4) is 6.07 Å². The molecule has 0 amide bonds. The summed E-state index contributed by atoms with van der Waals surface area (Å²) in [4.78, 5) is 0. The second-order valence-electron chi connectivity index (χ2n) is 3.16. The van der Waals surface area contributed by atoms with Crippen LogP contribution in [0.25, 0.3) is 0 Å². The number of nitriles is 1. The van der Waals surface area contributed by atoms with Crippen molar-refractivity contribution in [3.05, 3.63) is 0 Å². The smallest absolute Gasteiger partial charge is 0.207 e. The number of rotatable bonds is 1. The van der Waals surface area contributed by atoms with Gasteiger partial charge in [0, 0.05) is 19.3 Å². The quantitative estimate of drug-likeness (QED) is 0.577. The summed E-state index contributed by atoms with van der Waals surface area (Å²) in [5.41, 5.74) is 0. The zero-order valence-electron chi connectivity index (χ0n) is 6.32. The Hall–Kier alpha value is -0.650. The summed E-state index contributed by atoms with van der Waals surface area (Å²) in [5.74, 6) is -2.23. The first-order valence-corrected chi connectivity index (χ1v) is 3.89. The molecule has 62 valence electrons. The lowest BCUT2D eigenvalue weighted by molar-refractivity contribution is -0.0452. The van der Waals surface area contributed by atoms with Gasteiger partial charge in [-0.1, -0.05) is 0 Å². The van der Waals surface area contributed by atoms with E-state index in [-0.39, 0.29) is 18.8 Å². The fraction of sp³-hybridized carbons (Fsp3) is 0.875. The molecule has 0 aromatic rings. The fourth-order valence-corrected chi connectivity index (χ4v) is 1.43. The predicted octanol–water partition coefficient (Wildman–Crippen LogP) is 2.73. The minimum Gasteiger partial charge on any atom is -0.207 e. The monoisotopic (exact) mass is 159 g/mol. The molecule has 0 heterocycles. The van der Waals surface area contributed by atoms with Gasteiger partial charge in [0.15, 0.2) is 0 Å². The highest BCUT2D eigenvalue weighted by Gasteiger charge is 2.34. The second-order valence-corrected chi connectivity index (χ2v) is 3.16. The molecule has 11 heavy (non-hydrogen) atoms. The second kappa shape index (κ2) is 3.17. The number of alkyl halides is 2. The summed E-state index contributed by atoms with van der Waals surface area (Å²) >= 11 is 0. The van der Waals surface area contributed by atoms with E-state index < -0.39 is 5.92 Å². The summed E-state index contributed by atoms with van der Waals surface area (Å²) in [6, 6.07) is 2.02. The van der Waals surface area contributed by atoms with Crippen molar-refractivity contribution in [2.75, 3.05) is 0 Å². The molecule has 0 radical (unpaired) electrons. The first-order chi connectivity index (χ1) is 5.14. The van der Waals surface area contributed by atoms with E-state index >= 15 is 0 Å². The maximum atomic E-state index is 12.5. The van der Waals surface area contributed by atoms with Crippen molar-refractivity contribution in [2.24, 2.45) is 5.92 Å². The third-order valence-electron chi connectivity index (χ3n) is 2.22. The summed E-state index contributed by atoms with van der Waals surface area (Å²) in [6.45, 7) is 0. The standard InChI is InChI=1S/C8H11F2N/c9-8(10)4-1-7(2-5-8)3-6-11/h7H,1-5H2. The Bertz CT molecular complexity index is 161. The maximum absolute atomic E-state index is 12.5. The van der Waals surface area contributed by atoms with Crippen LogP contribution in [0.3, 0.4) is 0 Å². The molecule has 0 saturated heterocycles. The van der Waals surface area contributed by atoms with Crippen LogP contribution in [-0.4, -0.2) is 5.92 Å². The van der Waals surface area contributed by atoms with Gasteiger partial charge in [-0.3, -0.25) is 0 Å². The first kappa shape index (κ1) is 8.45. The molecular weight excluding hydrogens is 148 g/mol. The zero-order valence-corrected chi connectivity index (χ0v) is 6.32. The van der Waals surface area contributed by atoms with E-state index in [4.69, 9.17) is 5.26 Å². The van der Waals surface area contributed by atoms with Crippen LogP contribution in [0.2, 0.25) is 0 Å². The van der Waals surface area contributed by atoms with Crippen molar-refractivity contribution in [3.63, 3.8) is 0 Å². The van der Waals surface area contributed by atoms with Crippen molar-refractivity contribution in [1.82, 2.24) is 0 Å². The predicted molar refractivity (Wildman–Crippen MR) is 37.1 cm³/mol. The molecule has 1 fully saturated rings. The van der Waals surface area contributed by atoms with Crippen LogP contribution in [0.5, 0.6) is 0 Å². The average Bonchev–Trinajstić information content (AvgIpc) is 1.94. The van der Waals surface area contributed by atoms with E-state index in [0.29, 0.717) is 19.3 Å². The average molecular weight is 159 g/mol. The van der Waals surface area contributed by atoms with Gasteiger partial charge in [-0.2, -0.15) is 5.26 Å². The van der Waals surface area contributed by atoms with Gasteiger partial charge in [0.25, 0.3) is 0 Å². The Morgan fingerprint density at radius 1 is 1.36 bits per heavy atom. The molecule has 1 aliphatic carbocycles. The molecular formula is C8H11F2N. The number of hydrogen-bond donors (Lipinski definition) is 0. The fourth-order valence-electron chi connectivity index (χ4n) is 1.43. The van der Waals surface area contributed by atoms with Crippen molar-refractivity contribution >= 4 is 0 Å². The van der Waals surface area contributed by atoms with Crippen LogP contribution < -0.4 is 0 Å². The van der Waals surface area contributed by atoms with Gasteiger partial charge in [-0.25, -0.2) is 8.78 Å². The van der Waals surface area contributed by atoms with Gasteiger partial charge in [-0.05, 0) is 18.8 Å². The van der Waals surface area contributed by atoms with E-state index in [2.05, 4.69) is 0 Å². The largest absolute Gasteiger partial charge is 0.248 e. The van der Waals surface area contributed by atoms with E-state index in [0.717, 1.165) is 0 Å². The summed E-state index contributed by atoms with van der Waals surface area (Å²) < 4.78 is 25.1. The molecule has 0 atom stereocenters. The van der Waals surface area contributed by atoms with E-state index in [1.807, 2.05) is 6.07 Å². The summed E-state index contributed by atoms with van der Waals surface area (Å²) in [5, 5.41) is 8.31. The molecule has 1 aliphatic rings. The molecule has 0 unspecified atom stereocenters. The lowest BCUT2D eigenvalue weighted by Crippen LogP contribution is -2.24. The Morgan fingerprint density at radius 2 is 1.91 bits per heavy atom. The zero-order chi connectivity index (χ0) is 8.32. The molecule has 0 aromatic carbocycles. The molecule has 0 bridgehead atoms. The number of halogens is 2. The van der Waals surface area contributed by atoms with Crippen LogP contribution in [-0.2, 0) is 0 Å². The van der Waals surface area contributed by atoms with Crippen molar-refractivity contribution in [2.45, 2.75) is 38.0 Å². The van der Waals surface area contributed by atoms with Crippen LogP contribution in [0.1, 0.15) is 32.1 Å². The Labute approximate surface area is 65.0 Å². The number of hydrogen-bond acceptors (Lipinski definition) is 1. The van der Waals surface area contributed by atoms with E-state index in [1.54, 1.807) is 0 Å². The van der Waals surface area contributed by atoms with Gasteiger partial charge < -0.3 is 0 Å². The van der Waals surface area contributed by atoms with Gasteiger partial charge in [0.1, 0.15) is 0 Å². The molecule has 0 aromatic heterocycles. The van der Waals surface area contributed by atoms with Gasteiger partial charge in [-0.15, -0.1) is 0 Å². The van der Waals surface area contributed by atoms with Crippen LogP contribution in [0.4, 0.5) is 8.78 Å². The van der Waals surface area contributed by atoms with Gasteiger partial charge in [0.2, 0.25) is 5.92 Å². The minimum absolute atomic E-state index is 0.0284. The van der Waals surface area contributed by atoms with Crippen molar-refractivity contribution < 1.29 is 8.78 Å². The Balaban J connectivity index is 2.32. The highest BCUT2D eigenvalue weighted by atomic mass is 19.3.